The van der Waals surface area contributed by atoms with Gasteiger partial charge in [-0.3, -0.25) is 4.79 Å². The summed E-state index contributed by atoms with van der Waals surface area (Å²) in [5.74, 6) is -0.661. The van der Waals surface area contributed by atoms with Gasteiger partial charge in [-0.15, -0.1) is 0 Å². The Kier molecular flexibility index (Phi) is 5.52. The third kappa shape index (κ3) is 3.46. The maximum atomic E-state index is 13.1. The number of rotatable bonds is 4. The Labute approximate surface area is 172 Å². The van der Waals surface area contributed by atoms with E-state index in [1.165, 1.54) is 11.7 Å². The minimum atomic E-state index is -1.23. The topological polar surface area (TPSA) is 120 Å². The van der Waals surface area contributed by atoms with E-state index in [-0.39, 0.29) is 5.91 Å². The molecule has 0 aliphatic carbocycles. The summed E-state index contributed by atoms with van der Waals surface area (Å²) in [7, 11) is 1.32. The van der Waals surface area contributed by atoms with Crippen LogP contribution in [-0.4, -0.2) is 65.8 Å². The fourth-order valence-corrected chi connectivity index (χ4v) is 3.92. The van der Waals surface area contributed by atoms with Crippen molar-refractivity contribution in [2.24, 2.45) is 0 Å². The molecule has 1 amide bonds. The summed E-state index contributed by atoms with van der Waals surface area (Å²) in [6, 6.07) is 8.40. The Morgan fingerprint density at radius 2 is 2.03 bits per heavy atom. The summed E-state index contributed by atoms with van der Waals surface area (Å²) in [6.07, 6.45) is -0.484. The van der Waals surface area contributed by atoms with E-state index in [9.17, 15) is 24.9 Å². The lowest BCUT2D eigenvalue weighted by molar-refractivity contribution is -0.765. The average Bonchev–Trinajstić information content (AvgIpc) is 3.33. The Morgan fingerprint density at radius 3 is 2.73 bits per heavy atom. The van der Waals surface area contributed by atoms with Gasteiger partial charge in [0.1, 0.15) is 17.8 Å². The summed E-state index contributed by atoms with van der Waals surface area (Å²) in [6.45, 7) is 0.0492. The molecule has 3 heterocycles. The normalized spacial score (nSPS) is 25.3. The number of aliphatic hydroxyl groups excluding tert-OH is 3. The van der Waals surface area contributed by atoms with E-state index in [2.05, 4.69) is 0 Å². The van der Waals surface area contributed by atoms with E-state index in [1.807, 2.05) is 0 Å². The van der Waals surface area contributed by atoms with Crippen LogP contribution in [0.2, 0.25) is 0 Å². The SMILES string of the molecule is COC(=O)c1ccc2c(c1)CCN2C(=O)c1ccc[n+]([C@@H]2O[C@H](CO)[C@@H](O)[C@H]2O)c1. The first-order valence-corrected chi connectivity index (χ1v) is 9.61. The standard InChI is InChI=1S/C21H23N2O7/c1-29-21(28)13-4-5-15-12(9-13)6-8-23(15)19(27)14-3-2-7-22(10-14)20-18(26)17(25)16(11-24)30-20/h2-5,7,9-10,16-18,20,24-26H,6,8,11H2,1H3/q+1/t16-,17-,18-,20-/m1/s1. The summed E-state index contributed by atoms with van der Waals surface area (Å²) >= 11 is 0. The van der Waals surface area contributed by atoms with Crippen LogP contribution in [0.4, 0.5) is 5.69 Å². The van der Waals surface area contributed by atoms with Crippen LogP contribution in [0.15, 0.2) is 42.7 Å². The predicted octanol–water partition coefficient (Wildman–Crippen LogP) is -0.425. The van der Waals surface area contributed by atoms with Crippen LogP contribution in [-0.2, 0) is 15.9 Å². The number of amides is 1. The molecule has 2 aliphatic heterocycles. The number of carbonyl (C=O) groups is 2. The van der Waals surface area contributed by atoms with Crippen molar-refractivity contribution in [3.63, 3.8) is 0 Å². The van der Waals surface area contributed by atoms with Crippen molar-refractivity contribution in [2.75, 3.05) is 25.2 Å². The lowest BCUT2D eigenvalue weighted by Crippen LogP contribution is -2.46. The first-order valence-electron chi connectivity index (χ1n) is 9.61. The maximum Gasteiger partial charge on any atom is 0.337 e. The van der Waals surface area contributed by atoms with Crippen molar-refractivity contribution in [1.29, 1.82) is 0 Å². The van der Waals surface area contributed by atoms with Crippen molar-refractivity contribution in [3.05, 3.63) is 59.4 Å². The van der Waals surface area contributed by atoms with E-state index < -0.39 is 37.1 Å². The number of fused-ring (bicyclic) bond motifs is 1. The zero-order valence-corrected chi connectivity index (χ0v) is 16.3. The summed E-state index contributed by atoms with van der Waals surface area (Å²) in [5, 5.41) is 29.5. The first-order chi connectivity index (χ1) is 14.4. The van der Waals surface area contributed by atoms with E-state index in [0.29, 0.717) is 24.1 Å². The highest BCUT2D eigenvalue weighted by molar-refractivity contribution is 6.07. The molecule has 0 spiro atoms. The van der Waals surface area contributed by atoms with Crippen LogP contribution in [0.3, 0.4) is 0 Å². The Balaban J connectivity index is 1.58. The van der Waals surface area contributed by atoms with Crippen molar-refractivity contribution < 1.29 is 38.9 Å². The predicted molar refractivity (Wildman–Crippen MR) is 103 cm³/mol. The number of hydrogen-bond donors (Lipinski definition) is 3. The number of methoxy groups -OCH3 is 1. The van der Waals surface area contributed by atoms with Gasteiger partial charge >= 0.3 is 5.97 Å². The second-order valence-corrected chi connectivity index (χ2v) is 7.31. The van der Waals surface area contributed by atoms with E-state index in [1.54, 1.807) is 47.6 Å². The van der Waals surface area contributed by atoms with Crippen LogP contribution in [0.25, 0.3) is 0 Å². The first kappa shape index (κ1) is 20.4. The summed E-state index contributed by atoms with van der Waals surface area (Å²) in [4.78, 5) is 26.5. The quantitative estimate of drug-likeness (QED) is 0.458. The molecule has 1 saturated heterocycles. The molecule has 1 aromatic carbocycles. The zero-order valence-electron chi connectivity index (χ0n) is 16.3. The molecule has 9 heteroatoms. The van der Waals surface area contributed by atoms with Crippen LogP contribution in [0, 0.1) is 0 Å². The number of esters is 1. The lowest BCUT2D eigenvalue weighted by atomic mass is 10.1. The second kappa shape index (κ2) is 8.11. The van der Waals surface area contributed by atoms with Gasteiger partial charge in [-0.25, -0.2) is 4.79 Å². The number of nitrogens with zero attached hydrogens (tertiary/aromatic N) is 2. The number of pyridine rings is 1. The number of hydrogen-bond acceptors (Lipinski definition) is 7. The molecule has 4 atom stereocenters. The molecule has 4 rings (SSSR count). The van der Waals surface area contributed by atoms with Gasteiger partial charge in [-0.1, -0.05) is 0 Å². The molecule has 0 unspecified atom stereocenters. The van der Waals surface area contributed by atoms with Crippen molar-refractivity contribution >= 4 is 17.6 Å². The van der Waals surface area contributed by atoms with Crippen LogP contribution < -0.4 is 9.47 Å². The minimum Gasteiger partial charge on any atom is -0.465 e. The Morgan fingerprint density at radius 1 is 1.23 bits per heavy atom. The minimum absolute atomic E-state index is 0.235. The monoisotopic (exact) mass is 415 g/mol. The lowest BCUT2D eigenvalue weighted by Gasteiger charge is -2.17. The molecule has 9 nitrogen and oxygen atoms in total. The highest BCUT2D eigenvalue weighted by atomic mass is 16.6. The number of anilines is 1. The third-order valence-electron chi connectivity index (χ3n) is 5.52. The molecule has 3 N–H and O–H groups in total. The summed E-state index contributed by atoms with van der Waals surface area (Å²) in [5.41, 5.74) is 2.43. The molecule has 30 heavy (non-hydrogen) atoms. The van der Waals surface area contributed by atoms with Gasteiger partial charge in [-0.05, 0) is 36.2 Å². The van der Waals surface area contributed by atoms with Gasteiger partial charge in [0, 0.05) is 18.3 Å². The molecule has 0 bridgehead atoms. The van der Waals surface area contributed by atoms with Gasteiger partial charge in [0.05, 0.1) is 19.3 Å². The molecule has 0 saturated carbocycles. The summed E-state index contributed by atoms with van der Waals surface area (Å²) < 4.78 is 11.8. The molecule has 2 aromatic rings. The van der Waals surface area contributed by atoms with Gasteiger partial charge in [0.2, 0.25) is 0 Å². The average molecular weight is 415 g/mol. The number of aliphatic hydroxyl groups is 3. The molecule has 0 radical (unpaired) electrons. The van der Waals surface area contributed by atoms with Crippen molar-refractivity contribution in [3.8, 4) is 0 Å². The molecule has 1 aromatic heterocycles. The second-order valence-electron chi connectivity index (χ2n) is 7.31. The Hall–Kier alpha value is -2.85. The fourth-order valence-electron chi connectivity index (χ4n) is 3.92. The molecule has 2 aliphatic rings. The Bertz CT molecular complexity index is 980. The molecular formula is C21H23N2O7+. The fraction of sp³-hybridized carbons (Fsp3) is 0.381. The van der Waals surface area contributed by atoms with Crippen LogP contribution in [0.1, 0.15) is 32.5 Å². The van der Waals surface area contributed by atoms with Crippen molar-refractivity contribution in [1.82, 2.24) is 0 Å². The third-order valence-corrected chi connectivity index (χ3v) is 5.52. The largest absolute Gasteiger partial charge is 0.465 e. The van der Waals surface area contributed by atoms with E-state index >= 15 is 0 Å². The number of aromatic nitrogens is 1. The molecular weight excluding hydrogens is 392 g/mol. The highest BCUT2D eigenvalue weighted by Crippen LogP contribution is 2.30. The van der Waals surface area contributed by atoms with E-state index in [0.717, 1.165) is 11.3 Å². The smallest absolute Gasteiger partial charge is 0.337 e. The number of ether oxygens (including phenoxy) is 2. The van der Waals surface area contributed by atoms with Gasteiger partial charge in [0.25, 0.3) is 12.1 Å². The maximum absolute atomic E-state index is 13.1. The van der Waals surface area contributed by atoms with Gasteiger partial charge in [-0.2, -0.15) is 4.57 Å². The van der Waals surface area contributed by atoms with E-state index in [4.69, 9.17) is 9.47 Å². The number of carbonyl (C=O) groups excluding carboxylic acids is 2. The van der Waals surface area contributed by atoms with Gasteiger partial charge < -0.3 is 29.7 Å². The highest BCUT2D eigenvalue weighted by Gasteiger charge is 2.48. The van der Waals surface area contributed by atoms with Crippen molar-refractivity contribution in [2.45, 2.75) is 31.0 Å². The molecule has 1 fully saturated rings. The molecule has 158 valence electrons. The zero-order chi connectivity index (χ0) is 21.4. The van der Waals surface area contributed by atoms with Crippen LogP contribution >= 0.6 is 0 Å². The number of benzene rings is 1. The van der Waals surface area contributed by atoms with Crippen LogP contribution in [0.5, 0.6) is 0 Å². The van der Waals surface area contributed by atoms with Gasteiger partial charge in [0.15, 0.2) is 18.5 Å².